The molecule has 166 valence electrons. The van der Waals surface area contributed by atoms with Crippen molar-refractivity contribution in [1.82, 2.24) is 15.2 Å². The molecule has 2 N–H and O–H groups in total. The molecule has 0 bridgehead atoms. The molecule has 0 aliphatic carbocycles. The summed E-state index contributed by atoms with van der Waals surface area (Å²) in [6.45, 7) is 0. The van der Waals surface area contributed by atoms with E-state index in [1.165, 1.54) is 6.26 Å². The molecular formula is C24H20N4O4S. The Bertz CT molecular complexity index is 1420. The van der Waals surface area contributed by atoms with Crippen molar-refractivity contribution in [3.63, 3.8) is 0 Å². The SMILES string of the molecule is CS(=O)(=O)c1ccc(-c2n[nH]c(-c3ccccc3NC(c3ccco3)c3ccco3)n2)cc1. The van der Waals surface area contributed by atoms with E-state index in [0.717, 1.165) is 11.3 Å². The van der Waals surface area contributed by atoms with Gasteiger partial charge >= 0.3 is 0 Å². The van der Waals surface area contributed by atoms with Crippen LogP contribution in [-0.2, 0) is 9.84 Å². The number of benzene rings is 2. The van der Waals surface area contributed by atoms with Gasteiger partial charge in [0.25, 0.3) is 0 Å². The number of aromatic amines is 1. The summed E-state index contributed by atoms with van der Waals surface area (Å²) in [5, 5.41) is 10.8. The zero-order valence-corrected chi connectivity index (χ0v) is 18.4. The molecule has 5 rings (SSSR count). The summed E-state index contributed by atoms with van der Waals surface area (Å²) in [6, 6.07) is 21.3. The molecule has 0 spiro atoms. The van der Waals surface area contributed by atoms with E-state index in [9.17, 15) is 8.42 Å². The molecule has 2 aromatic carbocycles. The summed E-state index contributed by atoms with van der Waals surface area (Å²) in [5.41, 5.74) is 2.33. The highest BCUT2D eigenvalue weighted by molar-refractivity contribution is 7.90. The molecule has 0 amide bonds. The second-order valence-corrected chi connectivity index (χ2v) is 9.47. The first kappa shape index (κ1) is 20.8. The number of rotatable bonds is 7. The van der Waals surface area contributed by atoms with Crippen LogP contribution in [0.2, 0.25) is 0 Å². The lowest BCUT2D eigenvalue weighted by molar-refractivity contribution is 0.443. The summed E-state index contributed by atoms with van der Waals surface area (Å²) in [5.74, 6) is 2.46. The Morgan fingerprint density at radius 2 is 1.55 bits per heavy atom. The van der Waals surface area contributed by atoms with E-state index >= 15 is 0 Å². The van der Waals surface area contributed by atoms with Crippen LogP contribution in [0.25, 0.3) is 22.8 Å². The van der Waals surface area contributed by atoms with Crippen LogP contribution in [0, 0.1) is 0 Å². The van der Waals surface area contributed by atoms with Crippen molar-refractivity contribution in [1.29, 1.82) is 0 Å². The van der Waals surface area contributed by atoms with Gasteiger partial charge in [-0.15, -0.1) is 0 Å². The average molecular weight is 461 g/mol. The highest BCUT2D eigenvalue weighted by atomic mass is 32.2. The van der Waals surface area contributed by atoms with Crippen molar-refractivity contribution in [2.45, 2.75) is 10.9 Å². The van der Waals surface area contributed by atoms with Gasteiger partial charge in [-0.2, -0.15) is 5.10 Å². The van der Waals surface area contributed by atoms with Gasteiger partial charge in [-0.25, -0.2) is 13.4 Å². The van der Waals surface area contributed by atoms with Crippen LogP contribution in [-0.4, -0.2) is 29.9 Å². The normalized spacial score (nSPS) is 11.7. The zero-order valence-electron chi connectivity index (χ0n) is 17.6. The smallest absolute Gasteiger partial charge is 0.181 e. The number of sulfone groups is 1. The summed E-state index contributed by atoms with van der Waals surface area (Å²) in [7, 11) is -3.27. The van der Waals surface area contributed by atoms with Gasteiger partial charge in [-0.1, -0.05) is 12.1 Å². The Morgan fingerprint density at radius 3 is 2.15 bits per heavy atom. The number of nitrogens with zero attached hydrogens (tertiary/aromatic N) is 2. The van der Waals surface area contributed by atoms with Gasteiger partial charge in [0.15, 0.2) is 21.5 Å². The van der Waals surface area contributed by atoms with Gasteiger partial charge in [-0.05, 0) is 60.7 Å². The molecule has 0 saturated heterocycles. The number of nitrogens with one attached hydrogen (secondary N) is 2. The monoisotopic (exact) mass is 460 g/mol. The topological polar surface area (TPSA) is 114 Å². The molecule has 0 fully saturated rings. The van der Waals surface area contributed by atoms with Gasteiger partial charge in [0, 0.05) is 23.1 Å². The fraction of sp³-hybridized carbons (Fsp3) is 0.0833. The van der Waals surface area contributed by atoms with Gasteiger partial charge < -0.3 is 14.2 Å². The fourth-order valence-corrected chi connectivity index (χ4v) is 4.16. The number of anilines is 1. The Morgan fingerprint density at radius 1 is 0.879 bits per heavy atom. The molecule has 5 aromatic rings. The van der Waals surface area contributed by atoms with E-state index in [1.807, 2.05) is 48.5 Å². The van der Waals surface area contributed by atoms with Crippen molar-refractivity contribution in [2.75, 3.05) is 11.6 Å². The van der Waals surface area contributed by atoms with Crippen LogP contribution < -0.4 is 5.32 Å². The highest BCUT2D eigenvalue weighted by Crippen LogP contribution is 2.33. The van der Waals surface area contributed by atoms with E-state index in [0.29, 0.717) is 28.7 Å². The summed E-state index contributed by atoms with van der Waals surface area (Å²) in [6.07, 6.45) is 4.42. The molecule has 33 heavy (non-hydrogen) atoms. The van der Waals surface area contributed by atoms with Crippen LogP contribution in [0.3, 0.4) is 0 Å². The molecule has 0 radical (unpaired) electrons. The van der Waals surface area contributed by atoms with Crippen molar-refractivity contribution in [3.8, 4) is 22.8 Å². The molecule has 0 saturated carbocycles. The number of para-hydroxylation sites is 1. The number of furan rings is 2. The lowest BCUT2D eigenvalue weighted by atomic mass is 10.1. The van der Waals surface area contributed by atoms with E-state index in [-0.39, 0.29) is 10.9 Å². The summed E-state index contributed by atoms with van der Waals surface area (Å²) >= 11 is 0. The maximum absolute atomic E-state index is 11.7. The second-order valence-electron chi connectivity index (χ2n) is 7.46. The third kappa shape index (κ3) is 4.31. The quantitative estimate of drug-likeness (QED) is 0.354. The predicted molar refractivity (Wildman–Crippen MR) is 123 cm³/mol. The molecule has 3 heterocycles. The number of hydrogen-bond acceptors (Lipinski definition) is 7. The Kier molecular flexibility index (Phi) is 5.31. The molecule has 9 heteroatoms. The molecule has 0 aliphatic heterocycles. The minimum Gasteiger partial charge on any atom is -0.467 e. The van der Waals surface area contributed by atoms with Gasteiger partial charge in [-0.3, -0.25) is 5.10 Å². The number of hydrogen-bond donors (Lipinski definition) is 2. The average Bonchev–Trinajstić information content (AvgIpc) is 3.60. The van der Waals surface area contributed by atoms with Gasteiger partial charge in [0.05, 0.1) is 17.4 Å². The maximum Gasteiger partial charge on any atom is 0.181 e. The molecule has 0 unspecified atom stereocenters. The van der Waals surface area contributed by atoms with Gasteiger partial charge in [0.1, 0.15) is 17.6 Å². The minimum absolute atomic E-state index is 0.249. The molecule has 3 aromatic heterocycles. The first-order chi connectivity index (χ1) is 16.0. The van der Waals surface area contributed by atoms with E-state index in [1.54, 1.807) is 36.8 Å². The van der Waals surface area contributed by atoms with Crippen LogP contribution in [0.5, 0.6) is 0 Å². The fourth-order valence-electron chi connectivity index (χ4n) is 3.53. The van der Waals surface area contributed by atoms with Crippen molar-refractivity contribution in [3.05, 3.63) is 96.8 Å². The summed E-state index contributed by atoms with van der Waals surface area (Å²) < 4.78 is 34.7. The van der Waals surface area contributed by atoms with Crippen molar-refractivity contribution < 1.29 is 17.3 Å². The summed E-state index contributed by atoms with van der Waals surface area (Å²) in [4.78, 5) is 4.88. The van der Waals surface area contributed by atoms with E-state index in [4.69, 9.17) is 8.83 Å². The Hall–Kier alpha value is -4.11. The molecule has 8 nitrogen and oxygen atoms in total. The third-order valence-electron chi connectivity index (χ3n) is 5.16. The lowest BCUT2D eigenvalue weighted by Crippen LogP contribution is -2.11. The molecule has 0 aliphatic rings. The van der Waals surface area contributed by atoms with Crippen molar-refractivity contribution >= 4 is 15.5 Å². The van der Waals surface area contributed by atoms with Crippen LogP contribution in [0.1, 0.15) is 17.6 Å². The number of H-pyrrole nitrogens is 1. The maximum atomic E-state index is 11.7. The zero-order chi connectivity index (χ0) is 22.8. The predicted octanol–water partition coefficient (Wildman–Crippen LogP) is 4.93. The van der Waals surface area contributed by atoms with Crippen molar-refractivity contribution in [2.24, 2.45) is 0 Å². The Labute approximate surface area is 190 Å². The van der Waals surface area contributed by atoms with Gasteiger partial charge in [0.2, 0.25) is 0 Å². The molecule has 0 atom stereocenters. The first-order valence-corrected chi connectivity index (χ1v) is 12.0. The second kappa shape index (κ2) is 8.44. The van der Waals surface area contributed by atoms with Crippen LogP contribution in [0.4, 0.5) is 5.69 Å². The Balaban J connectivity index is 1.47. The standard InChI is InChI=1S/C24H20N4O4S/c1-33(29,30)17-12-10-16(11-13-17)23-26-24(28-27-23)18-6-2-3-7-19(18)25-22(20-8-4-14-31-20)21-9-5-15-32-21/h2-15,22,25H,1H3,(H,26,27,28). The van der Waals surface area contributed by atoms with E-state index in [2.05, 4.69) is 20.5 Å². The van der Waals surface area contributed by atoms with Crippen LogP contribution in [0.15, 0.2) is 99.1 Å². The first-order valence-electron chi connectivity index (χ1n) is 10.1. The lowest BCUT2D eigenvalue weighted by Gasteiger charge is -2.17. The molecular weight excluding hydrogens is 440 g/mol. The highest BCUT2D eigenvalue weighted by Gasteiger charge is 2.22. The third-order valence-corrected chi connectivity index (χ3v) is 6.29. The number of aromatic nitrogens is 3. The van der Waals surface area contributed by atoms with Crippen LogP contribution >= 0.6 is 0 Å². The largest absolute Gasteiger partial charge is 0.467 e. The minimum atomic E-state index is -3.27. The van der Waals surface area contributed by atoms with E-state index < -0.39 is 9.84 Å².